The van der Waals surface area contributed by atoms with Gasteiger partial charge in [0, 0.05) is 17.3 Å². The summed E-state index contributed by atoms with van der Waals surface area (Å²) in [5.41, 5.74) is 4.27. The normalized spacial score (nSPS) is 10.9. The number of aromatic amines is 1. The van der Waals surface area contributed by atoms with Crippen LogP contribution in [-0.4, -0.2) is 27.3 Å². The molecule has 0 aliphatic rings. The highest BCUT2D eigenvalue weighted by Gasteiger charge is 2.17. The van der Waals surface area contributed by atoms with Crippen LogP contribution in [0.15, 0.2) is 30.5 Å². The zero-order valence-electron chi connectivity index (χ0n) is 13.5. The van der Waals surface area contributed by atoms with Gasteiger partial charge in [-0.2, -0.15) is 0 Å². The number of ketones is 1. The third kappa shape index (κ3) is 2.95. The van der Waals surface area contributed by atoms with E-state index in [1.165, 1.54) is 0 Å². The quantitative estimate of drug-likeness (QED) is 0.733. The molecule has 3 rings (SSSR count). The Labute approximate surface area is 134 Å². The monoisotopic (exact) mass is 309 g/mol. The molecule has 2 heterocycles. The second-order valence-electron chi connectivity index (χ2n) is 5.48. The van der Waals surface area contributed by atoms with E-state index in [0.29, 0.717) is 12.4 Å². The first-order valence-electron chi connectivity index (χ1n) is 7.66. The number of fused-ring (bicyclic) bond motifs is 1. The Bertz CT molecular complexity index is 835. The van der Waals surface area contributed by atoms with Crippen molar-refractivity contribution in [3.05, 3.63) is 53.1 Å². The van der Waals surface area contributed by atoms with Crippen molar-refractivity contribution < 1.29 is 9.53 Å². The molecule has 1 aromatic carbocycles. The molecule has 0 amide bonds. The Morgan fingerprint density at radius 3 is 2.78 bits per heavy atom. The van der Waals surface area contributed by atoms with Crippen molar-refractivity contribution in [1.82, 2.24) is 15.0 Å². The molecular formula is C18H19N3O2. The average molecular weight is 309 g/mol. The van der Waals surface area contributed by atoms with Crippen LogP contribution in [0, 0.1) is 13.8 Å². The molecule has 0 bridgehead atoms. The van der Waals surface area contributed by atoms with Crippen molar-refractivity contribution in [2.24, 2.45) is 0 Å². The van der Waals surface area contributed by atoms with Crippen LogP contribution >= 0.6 is 0 Å². The SMILES string of the molecule is CCOc1c(C)cnc(CC(=O)c2nc3ccccc3[nH]2)c1C. The first kappa shape index (κ1) is 15.2. The molecule has 0 unspecified atom stereocenters. The van der Waals surface area contributed by atoms with Crippen LogP contribution in [0.3, 0.4) is 0 Å². The molecule has 2 aromatic heterocycles. The molecule has 1 N–H and O–H groups in total. The number of para-hydroxylation sites is 2. The summed E-state index contributed by atoms with van der Waals surface area (Å²) >= 11 is 0. The molecule has 118 valence electrons. The van der Waals surface area contributed by atoms with Gasteiger partial charge in [0.25, 0.3) is 0 Å². The minimum Gasteiger partial charge on any atom is -0.493 e. The standard InChI is InChI=1S/C18H19N3O2/c1-4-23-17-11(2)10-19-15(12(17)3)9-16(22)18-20-13-7-5-6-8-14(13)21-18/h5-8,10H,4,9H2,1-3H3,(H,20,21). The number of H-pyrrole nitrogens is 1. The first-order valence-corrected chi connectivity index (χ1v) is 7.66. The summed E-state index contributed by atoms with van der Waals surface area (Å²) in [6.45, 7) is 6.42. The fourth-order valence-electron chi connectivity index (χ4n) is 2.62. The highest BCUT2D eigenvalue weighted by atomic mass is 16.5. The number of ether oxygens (including phenoxy) is 1. The molecule has 5 nitrogen and oxygen atoms in total. The van der Waals surface area contributed by atoms with Gasteiger partial charge in [-0.05, 0) is 32.9 Å². The lowest BCUT2D eigenvalue weighted by atomic mass is 10.1. The van der Waals surface area contributed by atoms with Crippen LogP contribution < -0.4 is 4.74 Å². The van der Waals surface area contributed by atoms with Crippen molar-refractivity contribution in [1.29, 1.82) is 0 Å². The number of pyridine rings is 1. The minimum absolute atomic E-state index is 0.0805. The van der Waals surface area contributed by atoms with Crippen LogP contribution in [0.2, 0.25) is 0 Å². The fourth-order valence-corrected chi connectivity index (χ4v) is 2.62. The van der Waals surface area contributed by atoms with E-state index in [0.717, 1.165) is 33.6 Å². The minimum atomic E-state index is -0.0805. The molecule has 0 saturated carbocycles. The van der Waals surface area contributed by atoms with Gasteiger partial charge in [0.2, 0.25) is 5.78 Å². The third-order valence-corrected chi connectivity index (χ3v) is 3.82. The number of nitrogens with one attached hydrogen (secondary N) is 1. The summed E-state index contributed by atoms with van der Waals surface area (Å²) in [4.78, 5) is 24.3. The number of aryl methyl sites for hydroxylation is 1. The van der Waals surface area contributed by atoms with E-state index in [1.54, 1.807) is 6.20 Å². The summed E-state index contributed by atoms with van der Waals surface area (Å²) < 4.78 is 5.67. The fraction of sp³-hybridized carbons (Fsp3) is 0.278. The number of hydrogen-bond donors (Lipinski definition) is 1. The number of carbonyl (C=O) groups excluding carboxylic acids is 1. The lowest BCUT2D eigenvalue weighted by Crippen LogP contribution is -2.10. The van der Waals surface area contributed by atoms with Crippen molar-refractivity contribution in [2.75, 3.05) is 6.61 Å². The van der Waals surface area contributed by atoms with Gasteiger partial charge in [0.15, 0.2) is 5.82 Å². The number of rotatable bonds is 5. The molecule has 0 saturated heterocycles. The maximum Gasteiger partial charge on any atom is 0.204 e. The summed E-state index contributed by atoms with van der Waals surface area (Å²) in [6, 6.07) is 7.60. The van der Waals surface area contributed by atoms with E-state index in [-0.39, 0.29) is 12.2 Å². The largest absolute Gasteiger partial charge is 0.493 e. The van der Waals surface area contributed by atoms with Gasteiger partial charge in [0.1, 0.15) is 5.75 Å². The molecule has 5 heteroatoms. The number of nitrogens with zero attached hydrogens (tertiary/aromatic N) is 2. The van der Waals surface area contributed by atoms with Gasteiger partial charge in [-0.3, -0.25) is 9.78 Å². The van der Waals surface area contributed by atoms with E-state index in [4.69, 9.17) is 4.74 Å². The highest BCUT2D eigenvalue weighted by molar-refractivity contribution is 5.97. The predicted molar refractivity (Wildman–Crippen MR) is 89.0 cm³/mol. The van der Waals surface area contributed by atoms with Gasteiger partial charge in [-0.15, -0.1) is 0 Å². The van der Waals surface area contributed by atoms with Crippen LogP contribution in [0.25, 0.3) is 11.0 Å². The Balaban J connectivity index is 1.89. The zero-order chi connectivity index (χ0) is 16.4. The molecule has 0 aliphatic heterocycles. The van der Waals surface area contributed by atoms with Crippen molar-refractivity contribution in [3.8, 4) is 5.75 Å². The van der Waals surface area contributed by atoms with E-state index in [9.17, 15) is 4.79 Å². The second kappa shape index (κ2) is 6.20. The van der Waals surface area contributed by atoms with Gasteiger partial charge in [-0.25, -0.2) is 4.98 Å². The Morgan fingerprint density at radius 1 is 1.26 bits per heavy atom. The second-order valence-corrected chi connectivity index (χ2v) is 5.48. The number of imidazole rings is 1. The average Bonchev–Trinajstić information content (AvgIpc) is 2.98. The van der Waals surface area contributed by atoms with Gasteiger partial charge in [-0.1, -0.05) is 12.1 Å². The summed E-state index contributed by atoms with van der Waals surface area (Å²) in [5, 5.41) is 0. The Hall–Kier alpha value is -2.69. The molecule has 0 fully saturated rings. The van der Waals surface area contributed by atoms with Crippen LogP contribution in [-0.2, 0) is 6.42 Å². The van der Waals surface area contributed by atoms with Gasteiger partial charge >= 0.3 is 0 Å². The predicted octanol–water partition coefficient (Wildman–Crippen LogP) is 3.40. The molecule has 23 heavy (non-hydrogen) atoms. The highest BCUT2D eigenvalue weighted by Crippen LogP contribution is 2.25. The number of hydrogen-bond acceptors (Lipinski definition) is 4. The molecule has 3 aromatic rings. The van der Waals surface area contributed by atoms with E-state index >= 15 is 0 Å². The molecule has 0 aliphatic carbocycles. The summed E-state index contributed by atoms with van der Waals surface area (Å²) in [6.07, 6.45) is 1.95. The number of carbonyl (C=O) groups is 1. The zero-order valence-corrected chi connectivity index (χ0v) is 13.5. The lowest BCUT2D eigenvalue weighted by Gasteiger charge is -2.13. The third-order valence-electron chi connectivity index (χ3n) is 3.82. The number of Topliss-reactive ketones (excluding diaryl/α,β-unsaturated/α-hetero) is 1. The van der Waals surface area contributed by atoms with Crippen LogP contribution in [0.4, 0.5) is 0 Å². The van der Waals surface area contributed by atoms with E-state index in [2.05, 4.69) is 15.0 Å². The molecule has 0 radical (unpaired) electrons. The van der Waals surface area contributed by atoms with Crippen molar-refractivity contribution >= 4 is 16.8 Å². The maximum absolute atomic E-state index is 12.5. The number of aromatic nitrogens is 3. The molecule has 0 spiro atoms. The van der Waals surface area contributed by atoms with Crippen LogP contribution in [0.1, 0.15) is 34.4 Å². The van der Waals surface area contributed by atoms with E-state index in [1.807, 2.05) is 45.0 Å². The maximum atomic E-state index is 12.5. The lowest BCUT2D eigenvalue weighted by molar-refractivity contribution is 0.0983. The van der Waals surface area contributed by atoms with Crippen molar-refractivity contribution in [2.45, 2.75) is 27.2 Å². The first-order chi connectivity index (χ1) is 11.1. The summed E-state index contributed by atoms with van der Waals surface area (Å²) in [7, 11) is 0. The topological polar surface area (TPSA) is 67.9 Å². The van der Waals surface area contributed by atoms with E-state index < -0.39 is 0 Å². The van der Waals surface area contributed by atoms with Gasteiger partial charge < -0.3 is 9.72 Å². The number of benzene rings is 1. The Morgan fingerprint density at radius 2 is 2.04 bits per heavy atom. The Kier molecular flexibility index (Phi) is 4.10. The molecule has 0 atom stereocenters. The van der Waals surface area contributed by atoms with Gasteiger partial charge in [0.05, 0.1) is 29.8 Å². The van der Waals surface area contributed by atoms with Crippen molar-refractivity contribution in [3.63, 3.8) is 0 Å². The smallest absolute Gasteiger partial charge is 0.204 e. The summed E-state index contributed by atoms with van der Waals surface area (Å²) in [5.74, 6) is 1.10. The molecular weight excluding hydrogens is 290 g/mol. The van der Waals surface area contributed by atoms with Crippen LogP contribution in [0.5, 0.6) is 5.75 Å².